The molecule has 0 aliphatic carbocycles. The molecule has 5 nitrogen and oxygen atoms in total. The van der Waals surface area contributed by atoms with E-state index < -0.39 is 24.4 Å². The minimum absolute atomic E-state index is 0.454. The Morgan fingerprint density at radius 1 is 1.27 bits per heavy atom. The number of para-hydroxylation sites is 1. The van der Waals surface area contributed by atoms with Crippen LogP contribution in [0.1, 0.15) is 6.42 Å². The fourth-order valence-electron chi connectivity index (χ4n) is 0.996. The van der Waals surface area contributed by atoms with Crippen LogP contribution in [0.3, 0.4) is 0 Å². The number of hydrogen-bond donors (Lipinski definition) is 3. The second-order valence-corrected chi connectivity index (χ2v) is 2.97. The van der Waals surface area contributed by atoms with Crippen LogP contribution in [0.15, 0.2) is 30.3 Å². The molecule has 0 bridgehead atoms. The molecule has 0 aromatic heterocycles. The molecule has 5 heteroatoms. The number of amides is 1. The number of hydrogen-bond acceptors (Lipinski definition) is 3. The topological polar surface area (TPSA) is 86.6 Å². The van der Waals surface area contributed by atoms with Crippen molar-refractivity contribution in [2.75, 3.05) is 5.32 Å². The number of aliphatic carboxylic acids is 1. The van der Waals surface area contributed by atoms with Crippen molar-refractivity contribution < 1.29 is 19.8 Å². The van der Waals surface area contributed by atoms with Crippen molar-refractivity contribution in [1.82, 2.24) is 0 Å². The molecular formula is C10H11NO4. The maximum absolute atomic E-state index is 11.2. The number of nitrogens with one attached hydrogen (secondary N) is 1. The number of rotatable bonds is 4. The summed E-state index contributed by atoms with van der Waals surface area (Å²) in [7, 11) is 0. The molecule has 0 saturated carbocycles. The van der Waals surface area contributed by atoms with E-state index in [0.29, 0.717) is 5.69 Å². The number of carboxylic acids is 1. The van der Waals surface area contributed by atoms with Crippen molar-refractivity contribution in [3.8, 4) is 0 Å². The van der Waals surface area contributed by atoms with Crippen molar-refractivity contribution in [2.45, 2.75) is 12.5 Å². The molecule has 0 spiro atoms. The van der Waals surface area contributed by atoms with E-state index in [9.17, 15) is 9.59 Å². The van der Waals surface area contributed by atoms with Crippen LogP contribution in [0, 0.1) is 0 Å². The van der Waals surface area contributed by atoms with Gasteiger partial charge >= 0.3 is 5.97 Å². The van der Waals surface area contributed by atoms with Gasteiger partial charge in [0.25, 0.3) is 0 Å². The molecule has 1 rings (SSSR count). The van der Waals surface area contributed by atoms with Crippen LogP contribution < -0.4 is 5.32 Å². The van der Waals surface area contributed by atoms with Crippen molar-refractivity contribution in [2.24, 2.45) is 0 Å². The number of aliphatic hydroxyl groups excluding tert-OH is 1. The number of carbonyl (C=O) groups excluding carboxylic acids is 1. The molecule has 1 amide bonds. The maximum Gasteiger partial charge on any atom is 0.333 e. The van der Waals surface area contributed by atoms with E-state index in [1.165, 1.54) is 0 Å². The van der Waals surface area contributed by atoms with E-state index in [1.807, 2.05) is 0 Å². The predicted molar refractivity (Wildman–Crippen MR) is 53.3 cm³/mol. The van der Waals surface area contributed by atoms with Gasteiger partial charge in [-0.3, -0.25) is 4.79 Å². The lowest BCUT2D eigenvalue weighted by atomic mass is 10.2. The Morgan fingerprint density at radius 3 is 2.40 bits per heavy atom. The molecule has 1 aromatic rings. The van der Waals surface area contributed by atoms with E-state index in [4.69, 9.17) is 10.2 Å². The third kappa shape index (κ3) is 3.78. The lowest BCUT2D eigenvalue weighted by molar-refractivity contribution is -0.148. The Balaban J connectivity index is 2.47. The number of carbonyl (C=O) groups is 2. The number of benzene rings is 1. The molecular weight excluding hydrogens is 198 g/mol. The Labute approximate surface area is 86.4 Å². The largest absolute Gasteiger partial charge is 0.479 e. The van der Waals surface area contributed by atoms with Crippen LogP contribution in [-0.2, 0) is 9.59 Å². The lowest BCUT2D eigenvalue weighted by Gasteiger charge is -2.06. The van der Waals surface area contributed by atoms with Gasteiger partial charge in [0.05, 0.1) is 6.42 Å². The SMILES string of the molecule is O=C(CC(O)C(=O)O)Nc1ccccc1. The van der Waals surface area contributed by atoms with Gasteiger partial charge in [0.1, 0.15) is 0 Å². The van der Waals surface area contributed by atoms with Crippen molar-refractivity contribution >= 4 is 17.6 Å². The Hall–Kier alpha value is -1.88. The number of aliphatic hydroxyl groups is 1. The van der Waals surface area contributed by atoms with Crippen LogP contribution in [0.2, 0.25) is 0 Å². The molecule has 0 fully saturated rings. The standard InChI is InChI=1S/C10H11NO4/c12-8(10(14)15)6-9(13)11-7-4-2-1-3-5-7/h1-5,8,12H,6H2,(H,11,13)(H,14,15). The molecule has 0 aliphatic rings. The van der Waals surface area contributed by atoms with Gasteiger partial charge in [-0.2, -0.15) is 0 Å². The first-order valence-corrected chi connectivity index (χ1v) is 4.35. The van der Waals surface area contributed by atoms with Crippen LogP contribution in [0.5, 0.6) is 0 Å². The molecule has 1 atom stereocenters. The normalized spacial score (nSPS) is 11.8. The van der Waals surface area contributed by atoms with Crippen molar-refractivity contribution in [3.63, 3.8) is 0 Å². The summed E-state index contributed by atoms with van der Waals surface area (Å²) in [5.41, 5.74) is 0.570. The number of carboxylic acid groups (broad SMARTS) is 1. The highest BCUT2D eigenvalue weighted by Crippen LogP contribution is 2.06. The van der Waals surface area contributed by atoms with Crippen LogP contribution in [0.4, 0.5) is 5.69 Å². The molecule has 0 radical (unpaired) electrons. The fourth-order valence-corrected chi connectivity index (χ4v) is 0.996. The van der Waals surface area contributed by atoms with Crippen LogP contribution in [0.25, 0.3) is 0 Å². The predicted octanol–water partition coefficient (Wildman–Crippen LogP) is 0.461. The maximum atomic E-state index is 11.2. The highest BCUT2D eigenvalue weighted by molar-refractivity contribution is 5.93. The van der Waals surface area contributed by atoms with Crippen LogP contribution in [-0.4, -0.2) is 28.2 Å². The molecule has 1 unspecified atom stereocenters. The van der Waals surface area contributed by atoms with Gasteiger partial charge in [-0.25, -0.2) is 4.79 Å². The molecule has 0 aliphatic heterocycles. The third-order valence-corrected chi connectivity index (χ3v) is 1.72. The van der Waals surface area contributed by atoms with Gasteiger partial charge in [0.15, 0.2) is 6.10 Å². The Bertz CT molecular complexity index is 350. The van der Waals surface area contributed by atoms with Gasteiger partial charge in [-0.15, -0.1) is 0 Å². The quantitative estimate of drug-likeness (QED) is 0.672. The van der Waals surface area contributed by atoms with Gasteiger partial charge in [0.2, 0.25) is 5.91 Å². The van der Waals surface area contributed by atoms with E-state index in [2.05, 4.69) is 5.32 Å². The zero-order valence-corrected chi connectivity index (χ0v) is 7.88. The Kier molecular flexibility index (Phi) is 3.82. The second kappa shape index (κ2) is 5.11. The first kappa shape index (κ1) is 11.2. The highest BCUT2D eigenvalue weighted by atomic mass is 16.4. The summed E-state index contributed by atoms with van der Waals surface area (Å²) in [5, 5.41) is 19.7. The average molecular weight is 209 g/mol. The highest BCUT2D eigenvalue weighted by Gasteiger charge is 2.17. The van der Waals surface area contributed by atoms with Gasteiger partial charge in [-0.1, -0.05) is 18.2 Å². The molecule has 15 heavy (non-hydrogen) atoms. The summed E-state index contributed by atoms with van der Waals surface area (Å²) in [6.07, 6.45) is -2.11. The fraction of sp³-hybridized carbons (Fsp3) is 0.200. The smallest absolute Gasteiger partial charge is 0.333 e. The molecule has 1 aromatic carbocycles. The zero-order chi connectivity index (χ0) is 11.3. The van der Waals surface area contributed by atoms with E-state index >= 15 is 0 Å². The van der Waals surface area contributed by atoms with Crippen molar-refractivity contribution in [3.05, 3.63) is 30.3 Å². The summed E-state index contributed by atoms with van der Waals surface area (Å²) in [4.78, 5) is 21.5. The van der Waals surface area contributed by atoms with Crippen LogP contribution >= 0.6 is 0 Å². The van der Waals surface area contributed by atoms with E-state index in [0.717, 1.165) is 0 Å². The van der Waals surface area contributed by atoms with Gasteiger partial charge < -0.3 is 15.5 Å². The minimum Gasteiger partial charge on any atom is -0.479 e. The summed E-state index contributed by atoms with van der Waals surface area (Å²) in [6.45, 7) is 0. The first-order chi connectivity index (χ1) is 7.09. The zero-order valence-electron chi connectivity index (χ0n) is 7.88. The average Bonchev–Trinajstić information content (AvgIpc) is 2.18. The molecule has 0 heterocycles. The van der Waals surface area contributed by atoms with E-state index in [-0.39, 0.29) is 0 Å². The van der Waals surface area contributed by atoms with Gasteiger partial charge in [0, 0.05) is 5.69 Å². The lowest BCUT2D eigenvalue weighted by Crippen LogP contribution is -2.26. The molecule has 0 saturated heterocycles. The summed E-state index contributed by atoms with van der Waals surface area (Å²) in [6, 6.07) is 8.62. The summed E-state index contributed by atoms with van der Waals surface area (Å²) >= 11 is 0. The summed E-state index contributed by atoms with van der Waals surface area (Å²) in [5.74, 6) is -1.94. The first-order valence-electron chi connectivity index (χ1n) is 4.35. The Morgan fingerprint density at radius 2 is 1.87 bits per heavy atom. The number of anilines is 1. The minimum atomic E-state index is -1.66. The van der Waals surface area contributed by atoms with E-state index in [1.54, 1.807) is 30.3 Å². The summed E-state index contributed by atoms with van der Waals surface area (Å²) < 4.78 is 0. The second-order valence-electron chi connectivity index (χ2n) is 2.97. The molecule has 3 N–H and O–H groups in total. The van der Waals surface area contributed by atoms with Crippen molar-refractivity contribution in [1.29, 1.82) is 0 Å². The molecule has 80 valence electrons. The van der Waals surface area contributed by atoms with Gasteiger partial charge in [-0.05, 0) is 12.1 Å². The third-order valence-electron chi connectivity index (χ3n) is 1.72. The monoisotopic (exact) mass is 209 g/mol.